The first kappa shape index (κ1) is 23.0. The predicted molar refractivity (Wildman–Crippen MR) is 119 cm³/mol. The Morgan fingerprint density at radius 2 is 1.68 bits per heavy atom. The van der Waals surface area contributed by atoms with Crippen LogP contribution < -0.4 is 10.6 Å². The molecule has 0 aromatic heterocycles. The van der Waals surface area contributed by atoms with Crippen LogP contribution in [-0.4, -0.2) is 73.2 Å². The molecule has 2 aliphatic heterocycles. The van der Waals surface area contributed by atoms with Crippen molar-refractivity contribution in [3.05, 3.63) is 0 Å². The Balaban J connectivity index is 0.00000312. The van der Waals surface area contributed by atoms with Crippen LogP contribution in [0.5, 0.6) is 0 Å². The Kier molecular flexibility index (Phi) is 11.3. The maximum absolute atomic E-state index is 4.92. The standard InChI is InChI=1S/C19H39N5.HI/c1-5-18(24-11-7-8-12-24)15-21-19(20-6-2)22-17-9-13-23(14-10-17)16(3)4;/h16-18H,5-15H2,1-4H3,(H2,20,21,22);1H. The molecule has 1 unspecified atom stereocenters. The summed E-state index contributed by atoms with van der Waals surface area (Å²) in [5.74, 6) is 1.01. The molecule has 0 saturated carbocycles. The molecule has 2 rings (SSSR count). The third-order valence-electron chi connectivity index (χ3n) is 5.53. The second-order valence-corrected chi connectivity index (χ2v) is 7.57. The summed E-state index contributed by atoms with van der Waals surface area (Å²) in [5.41, 5.74) is 0. The van der Waals surface area contributed by atoms with E-state index < -0.39 is 0 Å². The number of aliphatic imine (C=N–C) groups is 1. The lowest BCUT2D eigenvalue weighted by Crippen LogP contribution is -2.50. The number of guanidine groups is 1. The minimum absolute atomic E-state index is 0. The van der Waals surface area contributed by atoms with Crippen molar-refractivity contribution in [2.24, 2.45) is 4.99 Å². The number of piperidine rings is 1. The number of hydrogen-bond acceptors (Lipinski definition) is 3. The zero-order valence-corrected chi connectivity index (χ0v) is 19.1. The fourth-order valence-corrected chi connectivity index (χ4v) is 3.88. The van der Waals surface area contributed by atoms with Crippen molar-refractivity contribution in [1.29, 1.82) is 0 Å². The molecule has 0 amide bonds. The molecule has 0 bridgehead atoms. The van der Waals surface area contributed by atoms with E-state index in [0.717, 1.165) is 19.0 Å². The third-order valence-corrected chi connectivity index (χ3v) is 5.53. The fraction of sp³-hybridized carbons (Fsp3) is 0.947. The second kappa shape index (κ2) is 12.3. The average molecular weight is 465 g/mol. The maximum atomic E-state index is 4.92. The number of hydrogen-bond donors (Lipinski definition) is 2. The minimum atomic E-state index is 0. The number of rotatable bonds is 7. The van der Waals surface area contributed by atoms with Crippen LogP contribution in [0.2, 0.25) is 0 Å². The number of nitrogens with zero attached hydrogens (tertiary/aromatic N) is 3. The normalized spacial score (nSPS) is 22.0. The zero-order chi connectivity index (χ0) is 17.4. The van der Waals surface area contributed by atoms with Gasteiger partial charge in [0, 0.05) is 37.8 Å². The van der Waals surface area contributed by atoms with Gasteiger partial charge >= 0.3 is 0 Å². The molecule has 148 valence electrons. The van der Waals surface area contributed by atoms with Gasteiger partial charge in [0.1, 0.15) is 0 Å². The van der Waals surface area contributed by atoms with Gasteiger partial charge in [0.15, 0.2) is 5.96 Å². The molecule has 5 nitrogen and oxygen atoms in total. The predicted octanol–water partition coefficient (Wildman–Crippen LogP) is 2.91. The van der Waals surface area contributed by atoms with Gasteiger partial charge in [-0.1, -0.05) is 6.92 Å². The molecule has 0 spiro atoms. The molecule has 0 aromatic rings. The van der Waals surface area contributed by atoms with Crippen molar-refractivity contribution in [2.75, 3.05) is 39.3 Å². The highest BCUT2D eigenvalue weighted by molar-refractivity contribution is 14.0. The molecule has 2 fully saturated rings. The minimum Gasteiger partial charge on any atom is -0.357 e. The zero-order valence-electron chi connectivity index (χ0n) is 16.8. The maximum Gasteiger partial charge on any atom is 0.191 e. The lowest BCUT2D eigenvalue weighted by molar-refractivity contribution is 0.167. The monoisotopic (exact) mass is 465 g/mol. The van der Waals surface area contributed by atoms with Crippen LogP contribution in [-0.2, 0) is 0 Å². The Morgan fingerprint density at radius 1 is 1.04 bits per heavy atom. The molecule has 2 aliphatic rings. The van der Waals surface area contributed by atoms with Crippen LogP contribution in [0.3, 0.4) is 0 Å². The van der Waals surface area contributed by atoms with E-state index in [1.807, 2.05) is 0 Å². The van der Waals surface area contributed by atoms with Gasteiger partial charge in [-0.2, -0.15) is 0 Å². The Hall–Kier alpha value is -0.0800. The summed E-state index contributed by atoms with van der Waals surface area (Å²) in [4.78, 5) is 10.1. The van der Waals surface area contributed by atoms with Crippen molar-refractivity contribution in [2.45, 2.75) is 77.9 Å². The fourth-order valence-electron chi connectivity index (χ4n) is 3.88. The summed E-state index contributed by atoms with van der Waals surface area (Å²) < 4.78 is 0. The van der Waals surface area contributed by atoms with E-state index in [0.29, 0.717) is 18.1 Å². The Morgan fingerprint density at radius 3 is 2.20 bits per heavy atom. The topological polar surface area (TPSA) is 42.9 Å². The van der Waals surface area contributed by atoms with E-state index in [1.165, 1.54) is 58.3 Å². The molecule has 2 saturated heterocycles. The lowest BCUT2D eigenvalue weighted by atomic mass is 10.0. The van der Waals surface area contributed by atoms with E-state index in [9.17, 15) is 0 Å². The molecule has 1 atom stereocenters. The van der Waals surface area contributed by atoms with E-state index in [4.69, 9.17) is 4.99 Å². The SMILES string of the molecule is CCNC(=NCC(CC)N1CCCC1)NC1CCN(C(C)C)CC1.I. The molecular weight excluding hydrogens is 425 g/mol. The van der Waals surface area contributed by atoms with Crippen LogP contribution >= 0.6 is 24.0 Å². The smallest absolute Gasteiger partial charge is 0.191 e. The highest BCUT2D eigenvalue weighted by Crippen LogP contribution is 2.15. The Labute approximate surface area is 172 Å². The van der Waals surface area contributed by atoms with E-state index in [2.05, 4.69) is 48.1 Å². The van der Waals surface area contributed by atoms with E-state index >= 15 is 0 Å². The van der Waals surface area contributed by atoms with Gasteiger partial charge in [-0.3, -0.25) is 9.89 Å². The van der Waals surface area contributed by atoms with Gasteiger partial charge in [0.05, 0.1) is 6.54 Å². The van der Waals surface area contributed by atoms with Crippen molar-refractivity contribution >= 4 is 29.9 Å². The molecule has 2 N–H and O–H groups in total. The summed E-state index contributed by atoms with van der Waals surface area (Å²) in [7, 11) is 0. The first-order chi connectivity index (χ1) is 11.6. The summed E-state index contributed by atoms with van der Waals surface area (Å²) in [5, 5.41) is 7.12. The third kappa shape index (κ3) is 7.59. The number of halogens is 1. The van der Waals surface area contributed by atoms with E-state index in [-0.39, 0.29) is 24.0 Å². The molecular formula is C19H40IN5. The van der Waals surface area contributed by atoms with Gasteiger partial charge < -0.3 is 15.5 Å². The summed E-state index contributed by atoms with van der Waals surface area (Å²) in [6, 6.07) is 1.83. The van der Waals surface area contributed by atoms with Crippen molar-refractivity contribution < 1.29 is 0 Å². The molecule has 2 heterocycles. The lowest BCUT2D eigenvalue weighted by Gasteiger charge is -2.35. The molecule has 0 radical (unpaired) electrons. The van der Waals surface area contributed by atoms with Gasteiger partial charge in [-0.15, -0.1) is 24.0 Å². The first-order valence-electron chi connectivity index (χ1n) is 10.2. The Bertz CT molecular complexity index is 374. The average Bonchev–Trinajstić information content (AvgIpc) is 3.10. The molecule has 6 heteroatoms. The van der Waals surface area contributed by atoms with Crippen LogP contribution in [0.1, 0.15) is 59.8 Å². The molecule has 25 heavy (non-hydrogen) atoms. The molecule has 0 aromatic carbocycles. The summed E-state index contributed by atoms with van der Waals surface area (Å²) >= 11 is 0. The van der Waals surface area contributed by atoms with Gasteiger partial charge in [-0.05, 0) is 66.0 Å². The van der Waals surface area contributed by atoms with E-state index in [1.54, 1.807) is 0 Å². The first-order valence-corrected chi connectivity index (χ1v) is 10.2. The quantitative estimate of drug-likeness (QED) is 0.345. The van der Waals surface area contributed by atoms with Crippen LogP contribution in [0.15, 0.2) is 4.99 Å². The second-order valence-electron chi connectivity index (χ2n) is 7.57. The van der Waals surface area contributed by atoms with Gasteiger partial charge in [-0.25, -0.2) is 0 Å². The van der Waals surface area contributed by atoms with Crippen molar-refractivity contribution in [3.8, 4) is 0 Å². The van der Waals surface area contributed by atoms with Crippen molar-refractivity contribution in [1.82, 2.24) is 20.4 Å². The molecule has 0 aliphatic carbocycles. The highest BCUT2D eigenvalue weighted by atomic mass is 127. The van der Waals surface area contributed by atoms with Crippen LogP contribution in [0, 0.1) is 0 Å². The van der Waals surface area contributed by atoms with Crippen LogP contribution in [0.4, 0.5) is 0 Å². The highest BCUT2D eigenvalue weighted by Gasteiger charge is 2.22. The van der Waals surface area contributed by atoms with Gasteiger partial charge in [0.2, 0.25) is 0 Å². The number of nitrogens with one attached hydrogen (secondary N) is 2. The van der Waals surface area contributed by atoms with Crippen molar-refractivity contribution in [3.63, 3.8) is 0 Å². The van der Waals surface area contributed by atoms with Crippen LogP contribution in [0.25, 0.3) is 0 Å². The van der Waals surface area contributed by atoms with Gasteiger partial charge in [0.25, 0.3) is 0 Å². The number of likely N-dealkylation sites (tertiary alicyclic amines) is 2. The summed E-state index contributed by atoms with van der Waals surface area (Å²) in [6.45, 7) is 15.8. The summed E-state index contributed by atoms with van der Waals surface area (Å²) in [6.07, 6.45) is 6.33. The largest absolute Gasteiger partial charge is 0.357 e.